The van der Waals surface area contributed by atoms with Crippen molar-refractivity contribution in [1.29, 1.82) is 0 Å². The Labute approximate surface area is 155 Å². The van der Waals surface area contributed by atoms with Crippen molar-refractivity contribution >= 4 is 22.8 Å². The Bertz CT molecular complexity index is 979. The highest BCUT2D eigenvalue weighted by Gasteiger charge is 2.18. The minimum absolute atomic E-state index is 0.0280. The number of rotatable bonds is 4. The summed E-state index contributed by atoms with van der Waals surface area (Å²) in [6.07, 6.45) is 3.99. The molecule has 0 aliphatic carbocycles. The van der Waals surface area contributed by atoms with E-state index in [1.165, 1.54) is 10.8 Å². The van der Waals surface area contributed by atoms with Crippen LogP contribution in [-0.2, 0) is 0 Å². The van der Waals surface area contributed by atoms with Gasteiger partial charge in [-0.2, -0.15) is 0 Å². The number of carbonyl (C=O) groups is 1. The molecule has 0 aromatic heterocycles. The fourth-order valence-corrected chi connectivity index (χ4v) is 3.49. The average Bonchev–Trinajstić information content (AvgIpc) is 2.64. The van der Waals surface area contributed by atoms with Crippen molar-refractivity contribution in [3.05, 3.63) is 88.5 Å². The lowest BCUT2D eigenvalue weighted by Gasteiger charge is -2.19. The van der Waals surface area contributed by atoms with Gasteiger partial charge in [0.1, 0.15) is 0 Å². The zero-order chi connectivity index (χ0) is 18.7. The number of carbonyl (C=O) groups excluding carboxylic acids is 1. The summed E-state index contributed by atoms with van der Waals surface area (Å²) in [4.78, 5) is 13.1. The molecule has 26 heavy (non-hydrogen) atoms. The molecule has 0 aliphatic rings. The number of hydrogen-bond donors (Lipinski definition) is 1. The van der Waals surface area contributed by atoms with E-state index in [1.807, 2.05) is 64.1 Å². The molecule has 0 aliphatic heterocycles. The van der Waals surface area contributed by atoms with Crippen molar-refractivity contribution in [1.82, 2.24) is 5.32 Å². The molecular weight excluding hydrogens is 318 g/mol. The summed E-state index contributed by atoms with van der Waals surface area (Å²) < 4.78 is 0. The van der Waals surface area contributed by atoms with E-state index >= 15 is 0 Å². The highest BCUT2D eigenvalue weighted by atomic mass is 16.1. The van der Waals surface area contributed by atoms with Gasteiger partial charge >= 0.3 is 0 Å². The lowest BCUT2D eigenvalue weighted by Crippen LogP contribution is -2.28. The average molecular weight is 343 g/mol. The lowest BCUT2D eigenvalue weighted by molar-refractivity contribution is 0.0939. The molecule has 1 amide bonds. The van der Waals surface area contributed by atoms with Crippen LogP contribution in [0.25, 0.3) is 16.8 Å². The molecule has 0 heterocycles. The Balaban J connectivity index is 1.97. The molecule has 0 radical (unpaired) electrons. The summed E-state index contributed by atoms with van der Waals surface area (Å²) in [5, 5.41) is 5.56. The van der Waals surface area contributed by atoms with Gasteiger partial charge in [-0.15, -0.1) is 0 Å². The maximum absolute atomic E-state index is 13.1. The van der Waals surface area contributed by atoms with Crippen LogP contribution < -0.4 is 5.32 Å². The number of aryl methyl sites for hydroxylation is 2. The van der Waals surface area contributed by atoms with E-state index in [4.69, 9.17) is 0 Å². The first-order valence-electron chi connectivity index (χ1n) is 9.04. The molecule has 3 rings (SSSR count). The Kier molecular flexibility index (Phi) is 5.22. The quantitative estimate of drug-likeness (QED) is 0.620. The topological polar surface area (TPSA) is 29.1 Å². The summed E-state index contributed by atoms with van der Waals surface area (Å²) in [5.74, 6) is -0.0280. The molecule has 0 spiro atoms. The minimum atomic E-state index is -0.0769. The fraction of sp³-hybridized carbons (Fsp3) is 0.208. The van der Waals surface area contributed by atoms with Crippen LogP contribution in [0, 0.1) is 13.8 Å². The summed E-state index contributed by atoms with van der Waals surface area (Å²) >= 11 is 0. The van der Waals surface area contributed by atoms with Crippen molar-refractivity contribution in [3.63, 3.8) is 0 Å². The van der Waals surface area contributed by atoms with Crippen LogP contribution in [0.15, 0.2) is 60.7 Å². The van der Waals surface area contributed by atoms with E-state index in [2.05, 4.69) is 35.6 Å². The second-order valence-electron chi connectivity index (χ2n) is 6.75. The van der Waals surface area contributed by atoms with Crippen LogP contribution in [-0.4, -0.2) is 5.91 Å². The van der Waals surface area contributed by atoms with E-state index in [0.29, 0.717) is 0 Å². The number of hydrogen-bond acceptors (Lipinski definition) is 1. The largest absolute Gasteiger partial charge is 0.345 e. The smallest absolute Gasteiger partial charge is 0.252 e. The van der Waals surface area contributed by atoms with E-state index in [1.54, 1.807) is 0 Å². The molecule has 3 aromatic rings. The summed E-state index contributed by atoms with van der Waals surface area (Å²) in [6.45, 7) is 8.05. The molecular formula is C24H25NO. The second kappa shape index (κ2) is 7.57. The normalized spacial score (nSPS) is 12.5. The molecule has 1 N–H and O–H groups in total. The number of allylic oxidation sites excluding steroid dienone is 1. The van der Waals surface area contributed by atoms with Gasteiger partial charge in [0, 0.05) is 5.56 Å². The zero-order valence-electron chi connectivity index (χ0n) is 15.8. The molecule has 0 bridgehead atoms. The molecule has 0 fully saturated rings. The van der Waals surface area contributed by atoms with Crippen LogP contribution in [0.5, 0.6) is 0 Å². The fourth-order valence-electron chi connectivity index (χ4n) is 3.49. The molecule has 1 atom stereocenters. The molecule has 2 heteroatoms. The van der Waals surface area contributed by atoms with Crippen molar-refractivity contribution < 1.29 is 4.79 Å². The third kappa shape index (κ3) is 3.41. The van der Waals surface area contributed by atoms with Crippen molar-refractivity contribution in [2.75, 3.05) is 0 Å². The highest BCUT2D eigenvalue weighted by molar-refractivity contribution is 6.00. The predicted molar refractivity (Wildman–Crippen MR) is 110 cm³/mol. The number of nitrogens with one attached hydrogen (secondary N) is 1. The van der Waals surface area contributed by atoms with Crippen molar-refractivity contribution in [2.45, 2.75) is 33.7 Å². The predicted octanol–water partition coefficient (Wildman–Crippen LogP) is 5.98. The number of benzene rings is 3. The first-order valence-corrected chi connectivity index (χ1v) is 9.04. The molecule has 0 saturated heterocycles. The standard InChI is InChI=1S/C24H25NO/c1-5-9-20-16(2)14-15-17(3)23(20)24(26)25-18(4)21-13-8-11-19-10-6-7-12-22(19)21/h5-15,18H,1-4H3,(H,25,26)/b9-5-. The Hall–Kier alpha value is -2.87. The van der Waals surface area contributed by atoms with Gasteiger partial charge in [0.05, 0.1) is 6.04 Å². The van der Waals surface area contributed by atoms with E-state index in [9.17, 15) is 4.79 Å². The van der Waals surface area contributed by atoms with Gasteiger partial charge in [0.2, 0.25) is 0 Å². The molecule has 0 saturated carbocycles. The maximum atomic E-state index is 13.1. The summed E-state index contributed by atoms with van der Waals surface area (Å²) in [7, 11) is 0. The SMILES string of the molecule is C/C=C\c1c(C)ccc(C)c1C(=O)NC(C)c1cccc2ccccc12. The first-order chi connectivity index (χ1) is 12.5. The number of amides is 1. The van der Waals surface area contributed by atoms with Gasteiger partial charge in [-0.25, -0.2) is 0 Å². The van der Waals surface area contributed by atoms with Gasteiger partial charge in [-0.3, -0.25) is 4.79 Å². The van der Waals surface area contributed by atoms with E-state index < -0.39 is 0 Å². The van der Waals surface area contributed by atoms with Crippen LogP contribution in [0.3, 0.4) is 0 Å². The van der Waals surface area contributed by atoms with Crippen molar-refractivity contribution in [2.24, 2.45) is 0 Å². The molecule has 1 unspecified atom stereocenters. The highest BCUT2D eigenvalue weighted by Crippen LogP contribution is 2.26. The molecule has 132 valence electrons. The third-order valence-corrected chi connectivity index (χ3v) is 4.87. The first kappa shape index (κ1) is 17.9. The lowest BCUT2D eigenvalue weighted by atomic mass is 9.95. The van der Waals surface area contributed by atoms with Crippen LogP contribution in [0.1, 0.15) is 52.5 Å². The van der Waals surface area contributed by atoms with Crippen LogP contribution in [0.4, 0.5) is 0 Å². The van der Waals surface area contributed by atoms with Gasteiger partial charge in [-0.1, -0.05) is 66.7 Å². The monoisotopic (exact) mass is 343 g/mol. The van der Waals surface area contributed by atoms with E-state index in [-0.39, 0.29) is 11.9 Å². The summed E-state index contributed by atoms with van der Waals surface area (Å²) in [6, 6.07) is 18.5. The van der Waals surface area contributed by atoms with Gasteiger partial charge < -0.3 is 5.32 Å². The summed E-state index contributed by atoms with van der Waals surface area (Å²) in [5.41, 5.74) is 4.99. The minimum Gasteiger partial charge on any atom is -0.345 e. The van der Waals surface area contributed by atoms with Gasteiger partial charge in [0.15, 0.2) is 0 Å². The molecule has 3 aromatic carbocycles. The Morgan fingerprint density at radius 2 is 1.65 bits per heavy atom. The Morgan fingerprint density at radius 3 is 2.42 bits per heavy atom. The number of fused-ring (bicyclic) bond motifs is 1. The van der Waals surface area contributed by atoms with Crippen molar-refractivity contribution in [3.8, 4) is 0 Å². The Morgan fingerprint density at radius 1 is 0.962 bits per heavy atom. The second-order valence-corrected chi connectivity index (χ2v) is 6.75. The van der Waals surface area contributed by atoms with Gasteiger partial charge in [-0.05, 0) is 60.7 Å². The third-order valence-electron chi connectivity index (χ3n) is 4.87. The van der Waals surface area contributed by atoms with Gasteiger partial charge in [0.25, 0.3) is 5.91 Å². The molecule has 2 nitrogen and oxygen atoms in total. The zero-order valence-corrected chi connectivity index (χ0v) is 15.8. The van der Waals surface area contributed by atoms with E-state index in [0.717, 1.165) is 27.8 Å². The van der Waals surface area contributed by atoms with Crippen LogP contribution in [0.2, 0.25) is 0 Å². The maximum Gasteiger partial charge on any atom is 0.252 e. The van der Waals surface area contributed by atoms with Crippen LogP contribution >= 0.6 is 0 Å².